The predicted molar refractivity (Wildman–Crippen MR) is 120 cm³/mol. The maximum Gasteiger partial charge on any atom is 0.289 e. The van der Waals surface area contributed by atoms with E-state index in [0.717, 1.165) is 5.76 Å². The number of aryl methyl sites for hydroxylation is 1. The highest BCUT2D eigenvalue weighted by molar-refractivity contribution is 5.91. The van der Waals surface area contributed by atoms with E-state index in [1.54, 1.807) is 11.0 Å². The third-order valence-electron chi connectivity index (χ3n) is 7.40. The zero-order chi connectivity index (χ0) is 22.6. The number of likely N-dealkylation sites (tertiary alicyclic amines) is 1. The van der Waals surface area contributed by atoms with Crippen LogP contribution in [0.15, 0.2) is 28.7 Å². The summed E-state index contributed by atoms with van der Waals surface area (Å²) in [6.07, 6.45) is 3.34. The van der Waals surface area contributed by atoms with E-state index < -0.39 is 5.79 Å². The normalized spacial score (nSPS) is 21.6. The molecule has 1 fully saturated rings. The van der Waals surface area contributed by atoms with Crippen molar-refractivity contribution in [1.82, 2.24) is 4.90 Å². The lowest BCUT2D eigenvalue weighted by Crippen LogP contribution is -2.46. The van der Waals surface area contributed by atoms with Gasteiger partial charge in [0.2, 0.25) is 0 Å². The number of piperidine rings is 1. The van der Waals surface area contributed by atoms with Crippen molar-refractivity contribution in [3.63, 3.8) is 0 Å². The number of nitrogens with zero attached hydrogens (tertiary/aromatic N) is 1. The summed E-state index contributed by atoms with van der Waals surface area (Å²) in [7, 11) is 0. The number of hydrogen-bond donors (Lipinski definition) is 2. The SMILES string of the molecule is Cc1cc2c(cc1Cc1ccc(C(=O)N3CCC(O)(O)CC3)o1)C(C)(C)CCC2(C)C. The van der Waals surface area contributed by atoms with Gasteiger partial charge in [0.05, 0.1) is 0 Å². The molecule has 5 nitrogen and oxygen atoms in total. The highest BCUT2D eigenvalue weighted by Gasteiger charge is 2.37. The van der Waals surface area contributed by atoms with Gasteiger partial charge in [0, 0.05) is 32.4 Å². The van der Waals surface area contributed by atoms with E-state index in [4.69, 9.17) is 4.42 Å². The molecule has 0 radical (unpaired) electrons. The average Bonchev–Trinajstić information content (AvgIpc) is 3.15. The molecular weight excluding hydrogens is 390 g/mol. The van der Waals surface area contributed by atoms with Gasteiger partial charge in [-0.25, -0.2) is 0 Å². The van der Waals surface area contributed by atoms with Crippen LogP contribution < -0.4 is 0 Å². The Morgan fingerprint density at radius 3 is 2.16 bits per heavy atom. The molecule has 2 N–H and O–H groups in total. The van der Waals surface area contributed by atoms with Gasteiger partial charge in [0.1, 0.15) is 5.76 Å². The second-order valence-electron chi connectivity index (χ2n) is 10.8. The number of carbonyl (C=O) groups is 1. The Morgan fingerprint density at radius 2 is 1.55 bits per heavy atom. The first-order valence-corrected chi connectivity index (χ1v) is 11.4. The van der Waals surface area contributed by atoms with Crippen molar-refractivity contribution in [2.45, 2.75) is 83.3 Å². The van der Waals surface area contributed by atoms with E-state index in [9.17, 15) is 15.0 Å². The first kappa shape index (κ1) is 22.1. The fourth-order valence-electron chi connectivity index (χ4n) is 4.96. The molecule has 0 saturated carbocycles. The van der Waals surface area contributed by atoms with Crippen LogP contribution in [0.1, 0.15) is 91.9 Å². The minimum Gasteiger partial charge on any atom is -0.456 e. The summed E-state index contributed by atoms with van der Waals surface area (Å²) < 4.78 is 5.93. The predicted octanol–water partition coefficient (Wildman–Crippen LogP) is 4.44. The van der Waals surface area contributed by atoms with Crippen LogP contribution in [0.25, 0.3) is 0 Å². The van der Waals surface area contributed by atoms with E-state index in [2.05, 4.69) is 46.8 Å². The highest BCUT2D eigenvalue weighted by atomic mass is 16.5. The van der Waals surface area contributed by atoms with Crippen LogP contribution in [0.3, 0.4) is 0 Å². The molecule has 5 heteroatoms. The molecule has 0 spiro atoms. The fourth-order valence-corrected chi connectivity index (χ4v) is 4.96. The Bertz CT molecular complexity index is 989. The van der Waals surface area contributed by atoms with Crippen LogP contribution >= 0.6 is 0 Å². The quantitative estimate of drug-likeness (QED) is 0.713. The molecule has 4 rings (SSSR count). The number of carbonyl (C=O) groups excluding carboxylic acids is 1. The number of furan rings is 1. The maximum atomic E-state index is 12.8. The van der Waals surface area contributed by atoms with E-state index in [1.807, 2.05) is 6.07 Å². The zero-order valence-corrected chi connectivity index (χ0v) is 19.4. The summed E-state index contributed by atoms with van der Waals surface area (Å²) in [5.41, 5.74) is 5.72. The lowest BCUT2D eigenvalue weighted by atomic mass is 9.62. The van der Waals surface area contributed by atoms with Crippen molar-refractivity contribution in [2.24, 2.45) is 0 Å². The molecule has 1 aromatic carbocycles. The van der Waals surface area contributed by atoms with Gasteiger partial charge in [-0.3, -0.25) is 4.79 Å². The van der Waals surface area contributed by atoms with Crippen LogP contribution in [0.4, 0.5) is 0 Å². The molecule has 1 aliphatic carbocycles. The molecule has 1 aromatic heterocycles. The Balaban J connectivity index is 1.55. The number of benzene rings is 1. The molecule has 0 atom stereocenters. The molecule has 0 unspecified atom stereocenters. The second kappa shape index (κ2) is 7.49. The molecular formula is C26H35NO4. The monoisotopic (exact) mass is 425 g/mol. The van der Waals surface area contributed by atoms with Crippen molar-refractivity contribution >= 4 is 5.91 Å². The summed E-state index contributed by atoms with van der Waals surface area (Å²) in [5, 5.41) is 19.4. The minimum atomic E-state index is -1.67. The number of rotatable bonds is 3. The van der Waals surface area contributed by atoms with Crippen molar-refractivity contribution in [2.75, 3.05) is 13.1 Å². The topological polar surface area (TPSA) is 73.9 Å². The van der Waals surface area contributed by atoms with E-state index in [1.165, 1.54) is 35.1 Å². The molecule has 0 bridgehead atoms. The molecule has 31 heavy (non-hydrogen) atoms. The van der Waals surface area contributed by atoms with Crippen LogP contribution in [-0.4, -0.2) is 39.9 Å². The standard InChI is InChI=1S/C26H35NO4/c1-17-14-20-21(25(4,5)9-8-24(20,2)3)16-18(17)15-19-6-7-22(31-19)23(28)27-12-10-26(29,30)11-13-27/h6-7,14,16,29-30H,8-13,15H2,1-5H3. The van der Waals surface area contributed by atoms with Crippen LogP contribution in [0.5, 0.6) is 0 Å². The number of aliphatic hydroxyl groups is 2. The third-order valence-corrected chi connectivity index (χ3v) is 7.40. The zero-order valence-electron chi connectivity index (χ0n) is 19.4. The van der Waals surface area contributed by atoms with E-state index >= 15 is 0 Å². The van der Waals surface area contributed by atoms with E-state index in [0.29, 0.717) is 25.3 Å². The van der Waals surface area contributed by atoms with E-state index in [-0.39, 0.29) is 29.6 Å². The molecule has 1 amide bonds. The maximum absolute atomic E-state index is 12.8. The van der Waals surface area contributed by atoms with Crippen LogP contribution in [0.2, 0.25) is 0 Å². The smallest absolute Gasteiger partial charge is 0.289 e. The Kier molecular flexibility index (Phi) is 5.34. The van der Waals surface area contributed by atoms with Gasteiger partial charge >= 0.3 is 0 Å². The molecule has 2 heterocycles. The Morgan fingerprint density at radius 1 is 0.968 bits per heavy atom. The number of amides is 1. The van der Waals surface area contributed by atoms with Gasteiger partial charge in [0.15, 0.2) is 11.5 Å². The Labute approximate surface area is 185 Å². The van der Waals surface area contributed by atoms with Gasteiger partial charge in [-0.05, 0) is 65.0 Å². The summed E-state index contributed by atoms with van der Waals surface area (Å²) in [4.78, 5) is 14.4. The van der Waals surface area contributed by atoms with Crippen LogP contribution in [0, 0.1) is 6.92 Å². The number of fused-ring (bicyclic) bond motifs is 1. The van der Waals surface area contributed by atoms with Crippen molar-refractivity contribution in [3.8, 4) is 0 Å². The first-order chi connectivity index (χ1) is 14.4. The van der Waals surface area contributed by atoms with Gasteiger partial charge in [-0.1, -0.05) is 39.8 Å². The molecule has 1 saturated heterocycles. The molecule has 1 aliphatic heterocycles. The average molecular weight is 426 g/mol. The third kappa shape index (κ3) is 4.31. The van der Waals surface area contributed by atoms with Crippen molar-refractivity contribution in [3.05, 3.63) is 58.0 Å². The van der Waals surface area contributed by atoms with Gasteiger partial charge in [0.25, 0.3) is 5.91 Å². The van der Waals surface area contributed by atoms with Gasteiger partial charge in [-0.2, -0.15) is 0 Å². The molecule has 2 aromatic rings. The molecule has 2 aliphatic rings. The summed E-state index contributed by atoms with van der Waals surface area (Å²) in [6, 6.07) is 8.32. The lowest BCUT2D eigenvalue weighted by molar-refractivity contribution is -0.185. The summed E-state index contributed by atoms with van der Waals surface area (Å²) >= 11 is 0. The second-order valence-corrected chi connectivity index (χ2v) is 10.8. The first-order valence-electron chi connectivity index (χ1n) is 11.4. The summed E-state index contributed by atoms with van der Waals surface area (Å²) in [5.74, 6) is -0.769. The Hall–Kier alpha value is -2.11. The fraction of sp³-hybridized carbons (Fsp3) is 0.577. The number of hydrogen-bond acceptors (Lipinski definition) is 4. The largest absolute Gasteiger partial charge is 0.456 e. The van der Waals surface area contributed by atoms with Gasteiger partial charge < -0.3 is 19.5 Å². The van der Waals surface area contributed by atoms with Crippen LogP contribution in [-0.2, 0) is 17.3 Å². The lowest BCUT2D eigenvalue weighted by Gasteiger charge is -2.42. The van der Waals surface area contributed by atoms with Crippen molar-refractivity contribution < 1.29 is 19.4 Å². The summed E-state index contributed by atoms with van der Waals surface area (Å²) in [6.45, 7) is 12.1. The highest BCUT2D eigenvalue weighted by Crippen LogP contribution is 2.46. The minimum absolute atomic E-state index is 0.153. The molecule has 168 valence electrons. The van der Waals surface area contributed by atoms with Crippen molar-refractivity contribution in [1.29, 1.82) is 0 Å². The van der Waals surface area contributed by atoms with Gasteiger partial charge in [-0.15, -0.1) is 0 Å².